The van der Waals surface area contributed by atoms with Gasteiger partial charge in [0.2, 0.25) is 0 Å². The summed E-state index contributed by atoms with van der Waals surface area (Å²) in [5.41, 5.74) is 1.90. The first kappa shape index (κ1) is 11.2. The van der Waals surface area contributed by atoms with E-state index < -0.39 is 0 Å². The van der Waals surface area contributed by atoms with Crippen LogP contribution in [0.1, 0.15) is 44.6 Å². The second kappa shape index (κ2) is 5.15. The van der Waals surface area contributed by atoms with Gasteiger partial charge in [-0.2, -0.15) is 0 Å². The Labute approximate surface area is 97.2 Å². The lowest BCUT2D eigenvalue weighted by Gasteiger charge is -2.22. The van der Waals surface area contributed by atoms with E-state index in [9.17, 15) is 5.21 Å². The normalized spacial score (nSPS) is 19.3. The van der Waals surface area contributed by atoms with Gasteiger partial charge in [0.15, 0.2) is 11.8 Å². The molecule has 0 atom stereocenters. The van der Waals surface area contributed by atoms with Crippen LogP contribution in [0.5, 0.6) is 0 Å². The summed E-state index contributed by atoms with van der Waals surface area (Å²) >= 11 is 0. The molecule has 1 aromatic rings. The maximum Gasteiger partial charge on any atom is 0.191 e. The van der Waals surface area contributed by atoms with Crippen LogP contribution in [0.2, 0.25) is 0 Å². The van der Waals surface area contributed by atoms with Crippen molar-refractivity contribution in [2.45, 2.75) is 45.1 Å². The zero-order valence-electron chi connectivity index (χ0n) is 9.86. The molecule has 0 heterocycles. The first-order valence-corrected chi connectivity index (χ1v) is 6.14. The molecule has 0 N–H and O–H groups in total. The van der Waals surface area contributed by atoms with Gasteiger partial charge in [0.25, 0.3) is 0 Å². The predicted octanol–water partition coefficient (Wildman–Crippen LogP) is 3.34. The average Bonchev–Trinajstić information content (AvgIpc) is 2.39. The predicted molar refractivity (Wildman–Crippen MR) is 66.7 cm³/mol. The Morgan fingerprint density at radius 2 is 1.75 bits per heavy atom. The minimum atomic E-state index is 0.203. The van der Waals surface area contributed by atoms with Gasteiger partial charge in [-0.1, -0.05) is 24.6 Å². The van der Waals surface area contributed by atoms with E-state index in [-0.39, 0.29) is 6.04 Å². The van der Waals surface area contributed by atoms with Gasteiger partial charge in [0.05, 0.1) is 0 Å². The highest BCUT2D eigenvalue weighted by Gasteiger charge is 2.21. The molecule has 2 rings (SSSR count). The third kappa shape index (κ3) is 2.43. The molecule has 1 saturated carbocycles. The summed E-state index contributed by atoms with van der Waals surface area (Å²) in [4.78, 5) is 0. The van der Waals surface area contributed by atoms with Crippen LogP contribution >= 0.6 is 0 Å². The fourth-order valence-corrected chi connectivity index (χ4v) is 2.40. The van der Waals surface area contributed by atoms with Crippen LogP contribution in [0.15, 0.2) is 30.3 Å². The molecule has 1 fully saturated rings. The van der Waals surface area contributed by atoms with Crippen molar-refractivity contribution in [2.75, 3.05) is 0 Å². The molecule has 16 heavy (non-hydrogen) atoms. The molecule has 0 aliphatic heterocycles. The van der Waals surface area contributed by atoms with Crippen LogP contribution in [-0.4, -0.2) is 16.5 Å². The molecule has 2 nitrogen and oxygen atoms in total. The van der Waals surface area contributed by atoms with E-state index in [2.05, 4.69) is 0 Å². The van der Waals surface area contributed by atoms with Crippen LogP contribution in [0.25, 0.3) is 0 Å². The molecular formula is C14H19NO. The van der Waals surface area contributed by atoms with E-state index >= 15 is 0 Å². The molecular weight excluding hydrogens is 198 g/mol. The fourth-order valence-electron chi connectivity index (χ4n) is 2.40. The number of benzene rings is 1. The quantitative estimate of drug-likeness (QED) is 0.323. The van der Waals surface area contributed by atoms with Gasteiger partial charge >= 0.3 is 0 Å². The summed E-state index contributed by atoms with van der Waals surface area (Å²) in [6.07, 6.45) is 5.78. The van der Waals surface area contributed by atoms with Gasteiger partial charge in [0.1, 0.15) is 0 Å². The van der Waals surface area contributed by atoms with Crippen molar-refractivity contribution in [1.82, 2.24) is 0 Å². The van der Waals surface area contributed by atoms with Crippen LogP contribution in [-0.2, 0) is 0 Å². The smallest absolute Gasteiger partial charge is 0.191 e. The molecule has 1 aromatic carbocycles. The van der Waals surface area contributed by atoms with E-state index in [1.54, 1.807) is 0 Å². The standard InChI is InChI=1S/C14H19NO/c1-12(13-8-4-2-5-9-13)15(16)14-10-6-3-7-11-14/h2,4-5,8-9,14H,3,6-7,10-11H2,1H3/b15-12-. The zero-order chi connectivity index (χ0) is 11.4. The monoisotopic (exact) mass is 217 g/mol. The van der Waals surface area contributed by atoms with Crippen molar-refractivity contribution in [3.8, 4) is 0 Å². The van der Waals surface area contributed by atoms with E-state index in [4.69, 9.17) is 0 Å². The molecule has 0 unspecified atom stereocenters. The summed E-state index contributed by atoms with van der Waals surface area (Å²) in [6.45, 7) is 1.93. The summed E-state index contributed by atoms with van der Waals surface area (Å²) in [5, 5.41) is 12.2. The molecule has 0 bridgehead atoms. The van der Waals surface area contributed by atoms with Crippen LogP contribution in [0.3, 0.4) is 0 Å². The number of nitrogens with zero attached hydrogens (tertiary/aromatic N) is 1. The van der Waals surface area contributed by atoms with Crippen LogP contribution in [0.4, 0.5) is 0 Å². The zero-order valence-corrected chi connectivity index (χ0v) is 9.86. The molecule has 0 radical (unpaired) electrons. The first-order chi connectivity index (χ1) is 7.79. The highest BCUT2D eigenvalue weighted by atomic mass is 16.5. The van der Waals surface area contributed by atoms with Crippen molar-refractivity contribution in [1.29, 1.82) is 0 Å². The summed E-state index contributed by atoms with van der Waals surface area (Å²) in [7, 11) is 0. The number of rotatable bonds is 2. The molecule has 0 saturated heterocycles. The van der Waals surface area contributed by atoms with Crippen molar-refractivity contribution < 1.29 is 4.74 Å². The lowest BCUT2D eigenvalue weighted by Crippen LogP contribution is -2.28. The Morgan fingerprint density at radius 1 is 1.12 bits per heavy atom. The van der Waals surface area contributed by atoms with Crippen molar-refractivity contribution in [3.05, 3.63) is 41.1 Å². The van der Waals surface area contributed by atoms with Gasteiger partial charge in [-0.3, -0.25) is 0 Å². The minimum Gasteiger partial charge on any atom is -0.623 e. The van der Waals surface area contributed by atoms with Crippen molar-refractivity contribution in [2.24, 2.45) is 0 Å². The Kier molecular flexibility index (Phi) is 3.60. The van der Waals surface area contributed by atoms with Crippen LogP contribution in [0, 0.1) is 5.21 Å². The molecule has 2 heteroatoms. The fraction of sp³-hybridized carbons (Fsp3) is 0.500. The first-order valence-electron chi connectivity index (χ1n) is 6.14. The topological polar surface area (TPSA) is 26.1 Å². The Morgan fingerprint density at radius 3 is 2.38 bits per heavy atom. The average molecular weight is 217 g/mol. The minimum absolute atomic E-state index is 0.203. The van der Waals surface area contributed by atoms with E-state index in [1.165, 1.54) is 24.0 Å². The molecule has 0 aromatic heterocycles. The third-order valence-corrected chi connectivity index (χ3v) is 3.43. The maximum absolute atomic E-state index is 12.2. The SMILES string of the molecule is C/C(c1ccccc1)=[N+](/[O-])C1CCCCC1. The van der Waals surface area contributed by atoms with Gasteiger partial charge in [-0.05, 0) is 25.0 Å². The lowest BCUT2D eigenvalue weighted by molar-refractivity contribution is -0.505. The van der Waals surface area contributed by atoms with E-state index in [0.29, 0.717) is 0 Å². The summed E-state index contributed by atoms with van der Waals surface area (Å²) < 4.78 is 1.23. The maximum atomic E-state index is 12.2. The molecule has 1 aliphatic rings. The highest BCUT2D eigenvalue weighted by Crippen LogP contribution is 2.20. The van der Waals surface area contributed by atoms with Gasteiger partial charge in [-0.15, -0.1) is 0 Å². The second-order valence-electron chi connectivity index (χ2n) is 4.57. The second-order valence-corrected chi connectivity index (χ2v) is 4.57. The van der Waals surface area contributed by atoms with Crippen molar-refractivity contribution >= 4 is 5.71 Å². The van der Waals surface area contributed by atoms with E-state index in [0.717, 1.165) is 24.1 Å². The Balaban J connectivity index is 2.19. The van der Waals surface area contributed by atoms with E-state index in [1.807, 2.05) is 37.3 Å². The molecule has 86 valence electrons. The Bertz CT molecular complexity index is 364. The lowest BCUT2D eigenvalue weighted by atomic mass is 9.95. The molecule has 1 aliphatic carbocycles. The van der Waals surface area contributed by atoms with Crippen LogP contribution < -0.4 is 0 Å². The number of hydrogen-bond donors (Lipinski definition) is 0. The Hall–Kier alpha value is -1.31. The highest BCUT2D eigenvalue weighted by molar-refractivity contribution is 5.94. The summed E-state index contributed by atoms with van der Waals surface area (Å²) in [6, 6.07) is 10.1. The molecule has 0 amide bonds. The molecule has 0 spiro atoms. The van der Waals surface area contributed by atoms with Gasteiger partial charge in [-0.25, -0.2) is 4.74 Å². The number of hydroxylamine groups is 1. The largest absolute Gasteiger partial charge is 0.623 e. The number of hydrogen-bond acceptors (Lipinski definition) is 1. The van der Waals surface area contributed by atoms with Gasteiger partial charge in [0, 0.05) is 25.3 Å². The van der Waals surface area contributed by atoms with Gasteiger partial charge < -0.3 is 5.21 Å². The summed E-state index contributed by atoms with van der Waals surface area (Å²) in [5.74, 6) is 0. The third-order valence-electron chi connectivity index (χ3n) is 3.43. The van der Waals surface area contributed by atoms with Crippen molar-refractivity contribution in [3.63, 3.8) is 0 Å².